The third kappa shape index (κ3) is 2.85. The van der Waals surface area contributed by atoms with Crippen LogP contribution < -0.4 is 10.9 Å². The van der Waals surface area contributed by atoms with Crippen LogP contribution in [0.25, 0.3) is 0 Å². The summed E-state index contributed by atoms with van der Waals surface area (Å²) in [7, 11) is 0. The van der Waals surface area contributed by atoms with Crippen LogP contribution in [0.3, 0.4) is 0 Å². The summed E-state index contributed by atoms with van der Waals surface area (Å²) in [6, 6.07) is 1.71. The van der Waals surface area contributed by atoms with Crippen molar-refractivity contribution in [2.24, 2.45) is 5.92 Å². The normalized spacial score (nSPS) is 17.9. The lowest BCUT2D eigenvalue weighted by Crippen LogP contribution is -2.33. The highest BCUT2D eigenvalue weighted by atomic mass is 16.2. The molecule has 1 aromatic rings. The van der Waals surface area contributed by atoms with Gasteiger partial charge in [0, 0.05) is 18.5 Å². The molecule has 19 heavy (non-hydrogen) atoms. The predicted octanol–water partition coefficient (Wildman–Crippen LogP) is 0.648. The second-order valence-electron chi connectivity index (χ2n) is 5.45. The number of amides is 1. The predicted molar refractivity (Wildman–Crippen MR) is 70.9 cm³/mol. The third-order valence-electron chi connectivity index (χ3n) is 3.84. The van der Waals surface area contributed by atoms with E-state index in [1.807, 2.05) is 0 Å². The fraction of sp³-hybridized carbons (Fsp3) is 0.643. The Balaban J connectivity index is 1.63. The highest BCUT2D eigenvalue weighted by molar-refractivity contribution is 5.80. The van der Waals surface area contributed by atoms with Crippen molar-refractivity contribution in [2.75, 3.05) is 6.54 Å². The molecule has 1 amide bonds. The molecule has 1 fully saturated rings. The van der Waals surface area contributed by atoms with Gasteiger partial charge in [-0.1, -0.05) is 0 Å². The average Bonchev–Trinajstić information content (AvgIpc) is 3.23. The number of nitrogens with zero attached hydrogens (tertiary/aromatic N) is 2. The van der Waals surface area contributed by atoms with Crippen molar-refractivity contribution >= 4 is 5.91 Å². The van der Waals surface area contributed by atoms with Crippen molar-refractivity contribution in [3.8, 4) is 0 Å². The van der Waals surface area contributed by atoms with Gasteiger partial charge in [0.15, 0.2) is 0 Å². The number of carbonyl (C=O) groups excluding carboxylic acids is 1. The fourth-order valence-electron chi connectivity index (χ4n) is 2.54. The fourth-order valence-corrected chi connectivity index (χ4v) is 2.54. The van der Waals surface area contributed by atoms with E-state index >= 15 is 0 Å². The first-order chi connectivity index (χ1) is 9.24. The van der Waals surface area contributed by atoms with Crippen LogP contribution in [0.2, 0.25) is 0 Å². The maximum absolute atomic E-state index is 11.9. The van der Waals surface area contributed by atoms with Gasteiger partial charge in [-0.2, -0.15) is 5.10 Å². The summed E-state index contributed by atoms with van der Waals surface area (Å²) in [4.78, 5) is 23.4. The van der Waals surface area contributed by atoms with Crippen LogP contribution >= 0.6 is 0 Å². The van der Waals surface area contributed by atoms with Crippen molar-refractivity contribution in [3.63, 3.8) is 0 Å². The van der Waals surface area contributed by atoms with Crippen LogP contribution in [-0.2, 0) is 24.2 Å². The van der Waals surface area contributed by atoms with Crippen molar-refractivity contribution in [3.05, 3.63) is 27.7 Å². The van der Waals surface area contributed by atoms with Gasteiger partial charge in [0.25, 0.3) is 5.56 Å². The molecule has 1 heterocycles. The van der Waals surface area contributed by atoms with Crippen molar-refractivity contribution in [1.82, 2.24) is 15.1 Å². The average molecular weight is 261 g/mol. The Bertz CT molecular complexity index is 546. The number of carbonyl (C=O) groups is 1. The summed E-state index contributed by atoms with van der Waals surface area (Å²) in [5, 5.41) is 7.28. The lowest BCUT2D eigenvalue weighted by Gasteiger charge is -2.15. The van der Waals surface area contributed by atoms with Crippen LogP contribution in [0.1, 0.15) is 36.9 Å². The van der Waals surface area contributed by atoms with Crippen LogP contribution in [0, 0.1) is 5.92 Å². The van der Waals surface area contributed by atoms with E-state index in [-0.39, 0.29) is 17.4 Å². The SMILES string of the molecule is O=C(NCCn1nc2c(cc1=O)CCCC2)C1CC1. The highest BCUT2D eigenvalue weighted by Gasteiger charge is 2.29. The number of rotatable bonds is 4. The van der Waals surface area contributed by atoms with Gasteiger partial charge in [0.2, 0.25) is 5.91 Å². The molecule has 0 atom stereocenters. The molecule has 3 rings (SSSR count). The Morgan fingerprint density at radius 3 is 2.95 bits per heavy atom. The maximum Gasteiger partial charge on any atom is 0.267 e. The van der Waals surface area contributed by atoms with E-state index in [2.05, 4.69) is 10.4 Å². The van der Waals surface area contributed by atoms with Crippen molar-refractivity contribution in [2.45, 2.75) is 45.1 Å². The van der Waals surface area contributed by atoms with E-state index < -0.39 is 0 Å². The van der Waals surface area contributed by atoms with Gasteiger partial charge in [-0.25, -0.2) is 4.68 Å². The van der Waals surface area contributed by atoms with Crippen molar-refractivity contribution in [1.29, 1.82) is 0 Å². The van der Waals surface area contributed by atoms with E-state index in [9.17, 15) is 9.59 Å². The highest BCUT2D eigenvalue weighted by Crippen LogP contribution is 2.28. The number of aromatic nitrogens is 2. The maximum atomic E-state index is 11.9. The molecule has 102 valence electrons. The minimum atomic E-state index is -0.0543. The molecule has 2 aliphatic rings. The molecule has 1 N–H and O–H groups in total. The van der Waals surface area contributed by atoms with E-state index in [1.165, 1.54) is 4.68 Å². The van der Waals surface area contributed by atoms with E-state index in [1.54, 1.807) is 6.07 Å². The number of nitrogens with one attached hydrogen (secondary N) is 1. The summed E-state index contributed by atoms with van der Waals surface area (Å²) in [5.41, 5.74) is 2.11. The van der Waals surface area contributed by atoms with Crippen molar-refractivity contribution < 1.29 is 4.79 Å². The monoisotopic (exact) mass is 261 g/mol. The molecule has 0 bridgehead atoms. The topological polar surface area (TPSA) is 64.0 Å². The Kier molecular flexibility index (Phi) is 3.36. The second kappa shape index (κ2) is 5.15. The van der Waals surface area contributed by atoms with Crippen LogP contribution in [0.4, 0.5) is 0 Å². The molecule has 0 unspecified atom stereocenters. The molecule has 0 spiro atoms. The molecule has 2 aliphatic carbocycles. The molecular weight excluding hydrogens is 242 g/mol. The summed E-state index contributed by atoms with van der Waals surface area (Å²) < 4.78 is 1.48. The van der Waals surface area contributed by atoms with Gasteiger partial charge in [0.1, 0.15) is 0 Å². The molecule has 0 saturated heterocycles. The summed E-state index contributed by atoms with van der Waals surface area (Å²) in [6.07, 6.45) is 6.23. The van der Waals surface area contributed by atoms with Gasteiger partial charge < -0.3 is 5.32 Å². The number of aryl methyl sites for hydroxylation is 2. The largest absolute Gasteiger partial charge is 0.354 e. The van der Waals surface area contributed by atoms with Gasteiger partial charge in [-0.3, -0.25) is 9.59 Å². The molecule has 1 saturated carbocycles. The summed E-state index contributed by atoms with van der Waals surface area (Å²) in [6.45, 7) is 0.950. The van der Waals surface area contributed by atoms with E-state index in [4.69, 9.17) is 0 Å². The molecular formula is C14H19N3O2. The molecule has 0 radical (unpaired) electrons. The first-order valence-electron chi connectivity index (χ1n) is 7.11. The first kappa shape index (κ1) is 12.4. The Labute approximate surface area is 112 Å². The Morgan fingerprint density at radius 1 is 1.37 bits per heavy atom. The summed E-state index contributed by atoms with van der Waals surface area (Å²) >= 11 is 0. The standard InChI is InChI=1S/C14H19N3O2/c18-13-9-11-3-1-2-4-12(11)16-17(13)8-7-15-14(19)10-5-6-10/h9-10H,1-8H2,(H,15,19). The number of hydrogen-bond donors (Lipinski definition) is 1. The lowest BCUT2D eigenvalue weighted by molar-refractivity contribution is -0.122. The molecule has 1 aromatic heterocycles. The summed E-state index contributed by atoms with van der Waals surface area (Å²) in [5.74, 6) is 0.333. The van der Waals surface area contributed by atoms with Gasteiger partial charge in [-0.15, -0.1) is 0 Å². The zero-order valence-electron chi connectivity index (χ0n) is 11.0. The minimum absolute atomic E-state index is 0.0543. The molecule has 0 aromatic carbocycles. The van der Waals surface area contributed by atoms with E-state index in [0.717, 1.165) is 49.8 Å². The third-order valence-corrected chi connectivity index (χ3v) is 3.84. The van der Waals surface area contributed by atoms with E-state index in [0.29, 0.717) is 13.1 Å². The van der Waals surface area contributed by atoms with Crippen LogP contribution in [0.5, 0.6) is 0 Å². The molecule has 0 aliphatic heterocycles. The molecule has 5 heteroatoms. The Morgan fingerprint density at radius 2 is 2.16 bits per heavy atom. The van der Waals surface area contributed by atoms with Gasteiger partial charge in [-0.05, 0) is 44.1 Å². The first-order valence-corrected chi connectivity index (χ1v) is 7.11. The van der Waals surface area contributed by atoms with Gasteiger partial charge in [0.05, 0.1) is 12.2 Å². The van der Waals surface area contributed by atoms with Gasteiger partial charge >= 0.3 is 0 Å². The number of fused-ring (bicyclic) bond motifs is 1. The Hall–Kier alpha value is -1.65. The zero-order valence-corrected chi connectivity index (χ0v) is 11.0. The second-order valence-corrected chi connectivity index (χ2v) is 5.45. The minimum Gasteiger partial charge on any atom is -0.354 e. The lowest BCUT2D eigenvalue weighted by atomic mass is 9.97. The smallest absolute Gasteiger partial charge is 0.267 e. The quantitative estimate of drug-likeness (QED) is 0.865. The number of hydrogen-bond acceptors (Lipinski definition) is 3. The van der Waals surface area contributed by atoms with Crippen LogP contribution in [-0.4, -0.2) is 22.2 Å². The van der Waals surface area contributed by atoms with Crippen LogP contribution in [0.15, 0.2) is 10.9 Å². The molecule has 5 nitrogen and oxygen atoms in total. The zero-order chi connectivity index (χ0) is 13.2.